The highest BCUT2D eigenvalue weighted by atomic mass is 35.5. The lowest BCUT2D eigenvalue weighted by atomic mass is 9.79. The summed E-state index contributed by atoms with van der Waals surface area (Å²) in [4.78, 5) is 26.1. The predicted octanol–water partition coefficient (Wildman–Crippen LogP) is 2.66. The van der Waals surface area contributed by atoms with E-state index in [0.29, 0.717) is 0 Å². The number of likely N-dealkylation sites (tertiary alicyclic amines) is 1. The van der Waals surface area contributed by atoms with Crippen LogP contribution in [0.2, 0.25) is 5.02 Å². The van der Waals surface area contributed by atoms with Gasteiger partial charge in [0.1, 0.15) is 5.54 Å². The molecule has 7 heteroatoms. The lowest BCUT2D eigenvalue weighted by Gasteiger charge is -2.35. The Morgan fingerprint density at radius 1 is 1.39 bits per heavy atom. The van der Waals surface area contributed by atoms with Gasteiger partial charge >= 0.3 is 0 Å². The molecule has 126 valence electrons. The largest absolute Gasteiger partial charge is 0.368 e. The maximum atomic E-state index is 13.7. The predicted molar refractivity (Wildman–Crippen MR) is 82.8 cm³/mol. The summed E-state index contributed by atoms with van der Waals surface area (Å²) in [6.45, 7) is 5.49. The van der Waals surface area contributed by atoms with Crippen LogP contribution in [-0.4, -0.2) is 28.8 Å². The van der Waals surface area contributed by atoms with Crippen LogP contribution in [0.4, 0.5) is 8.78 Å². The molecule has 0 radical (unpaired) electrons. The molecule has 4 nitrogen and oxygen atoms in total. The second-order valence-corrected chi connectivity index (χ2v) is 6.90. The Hall–Kier alpha value is -1.69. The number of nitrogens with two attached hydrogens (primary N) is 1. The van der Waals surface area contributed by atoms with E-state index in [1.165, 1.54) is 11.0 Å². The number of carbonyl (C=O) groups is 2. The van der Waals surface area contributed by atoms with Gasteiger partial charge in [0.05, 0.1) is 5.02 Å². The van der Waals surface area contributed by atoms with Crippen LogP contribution < -0.4 is 5.73 Å². The van der Waals surface area contributed by atoms with Crippen molar-refractivity contribution in [2.75, 3.05) is 6.54 Å². The van der Waals surface area contributed by atoms with Gasteiger partial charge in [-0.2, -0.15) is 0 Å². The van der Waals surface area contributed by atoms with Crippen molar-refractivity contribution in [3.63, 3.8) is 0 Å². The number of halogens is 3. The van der Waals surface area contributed by atoms with Gasteiger partial charge in [-0.3, -0.25) is 9.59 Å². The molecule has 2 N–H and O–H groups in total. The number of rotatable bonds is 4. The second kappa shape index (κ2) is 5.74. The highest BCUT2D eigenvalue weighted by Gasteiger charge is 2.57. The zero-order chi connectivity index (χ0) is 17.6. The third kappa shape index (κ3) is 2.69. The fraction of sp³-hybridized carbons (Fsp3) is 0.500. The van der Waals surface area contributed by atoms with Gasteiger partial charge in [0.25, 0.3) is 0 Å². The number of likely N-dealkylation sites (N-methyl/N-ethyl adjacent to an activating group) is 1. The van der Waals surface area contributed by atoms with Gasteiger partial charge in [-0.15, -0.1) is 0 Å². The van der Waals surface area contributed by atoms with Crippen LogP contribution in [0.3, 0.4) is 0 Å². The van der Waals surface area contributed by atoms with Crippen LogP contribution in [0.25, 0.3) is 0 Å². The summed E-state index contributed by atoms with van der Waals surface area (Å²) >= 11 is 5.87. The zero-order valence-electron chi connectivity index (χ0n) is 13.3. The Morgan fingerprint density at radius 3 is 2.52 bits per heavy atom. The van der Waals surface area contributed by atoms with Crippen molar-refractivity contribution >= 4 is 23.4 Å². The second-order valence-electron chi connectivity index (χ2n) is 6.52. The highest BCUT2D eigenvalue weighted by Crippen LogP contribution is 2.44. The molecule has 1 aromatic carbocycles. The molecule has 0 aliphatic carbocycles. The van der Waals surface area contributed by atoms with E-state index in [2.05, 4.69) is 0 Å². The molecule has 0 unspecified atom stereocenters. The molecule has 1 aliphatic heterocycles. The molecule has 23 heavy (non-hydrogen) atoms. The number of hydrogen-bond acceptors (Lipinski definition) is 2. The van der Waals surface area contributed by atoms with Gasteiger partial charge in [0.15, 0.2) is 11.6 Å². The van der Waals surface area contributed by atoms with E-state index >= 15 is 0 Å². The van der Waals surface area contributed by atoms with E-state index in [0.717, 1.165) is 6.07 Å². The molecule has 1 aliphatic rings. The number of hydrogen-bond donors (Lipinski definition) is 1. The molecule has 0 saturated carbocycles. The average Bonchev–Trinajstić information content (AvgIpc) is 2.67. The average molecular weight is 345 g/mol. The van der Waals surface area contributed by atoms with Crippen LogP contribution in [0.5, 0.6) is 0 Å². The Kier molecular flexibility index (Phi) is 4.41. The van der Waals surface area contributed by atoms with Crippen LogP contribution in [-0.2, 0) is 16.0 Å². The number of benzene rings is 1. The topological polar surface area (TPSA) is 63.4 Å². The molecule has 0 bridgehead atoms. The van der Waals surface area contributed by atoms with E-state index in [4.69, 9.17) is 17.3 Å². The van der Waals surface area contributed by atoms with Crippen molar-refractivity contribution in [1.82, 2.24) is 4.90 Å². The maximum absolute atomic E-state index is 13.7. The summed E-state index contributed by atoms with van der Waals surface area (Å²) in [5, 5.41) is -0.390. The van der Waals surface area contributed by atoms with E-state index in [9.17, 15) is 18.4 Å². The summed E-state index contributed by atoms with van der Waals surface area (Å²) < 4.78 is 26.9. The van der Waals surface area contributed by atoms with Crippen molar-refractivity contribution < 1.29 is 18.4 Å². The standard InChI is InChI=1S/C16H19ClF2N2O2/c1-4-21-14(23)15(2,3)8-16(21,13(20)22)7-9-5-6-10(18)12(19)11(9)17/h5-6H,4,7-8H2,1-3H3,(H2,20,22)/t16-/m0/s1. The Labute approximate surface area is 138 Å². The Balaban J connectivity index is 2.54. The number of primary amides is 1. The molecule has 1 heterocycles. The Morgan fingerprint density at radius 2 is 2.00 bits per heavy atom. The van der Waals surface area contributed by atoms with Crippen LogP contribution >= 0.6 is 11.6 Å². The smallest absolute Gasteiger partial charge is 0.243 e. The Bertz CT molecular complexity index is 678. The van der Waals surface area contributed by atoms with Gasteiger partial charge in [0.2, 0.25) is 11.8 Å². The minimum atomic E-state index is -1.30. The first kappa shape index (κ1) is 17.7. The van der Waals surface area contributed by atoms with Gasteiger partial charge in [-0.25, -0.2) is 8.78 Å². The van der Waals surface area contributed by atoms with Gasteiger partial charge in [-0.05, 0) is 25.0 Å². The lowest BCUT2D eigenvalue weighted by Crippen LogP contribution is -2.56. The fourth-order valence-corrected chi connectivity index (χ4v) is 3.61. The first-order valence-electron chi connectivity index (χ1n) is 7.31. The third-order valence-electron chi connectivity index (χ3n) is 4.45. The number of carbonyl (C=O) groups excluding carboxylic acids is 2. The molecular formula is C16H19ClF2N2O2. The summed E-state index contributed by atoms with van der Waals surface area (Å²) in [6.07, 6.45) is 0.138. The van der Waals surface area contributed by atoms with E-state index in [1.807, 2.05) is 0 Å². The van der Waals surface area contributed by atoms with Gasteiger partial charge in [0, 0.05) is 18.4 Å². The third-order valence-corrected chi connectivity index (χ3v) is 4.86. The van der Waals surface area contributed by atoms with Crippen molar-refractivity contribution in [3.8, 4) is 0 Å². The van der Waals surface area contributed by atoms with Crippen LogP contribution in [0, 0.1) is 17.0 Å². The minimum Gasteiger partial charge on any atom is -0.368 e. The van der Waals surface area contributed by atoms with Gasteiger partial charge in [-0.1, -0.05) is 31.5 Å². The summed E-state index contributed by atoms with van der Waals surface area (Å²) in [5.74, 6) is -3.12. The number of amides is 2. The fourth-order valence-electron chi connectivity index (χ4n) is 3.39. The number of nitrogens with zero attached hydrogens (tertiary/aromatic N) is 1. The normalized spacial score (nSPS) is 23.4. The van der Waals surface area contributed by atoms with Crippen molar-refractivity contribution in [2.24, 2.45) is 11.1 Å². The molecule has 2 amide bonds. The first-order valence-corrected chi connectivity index (χ1v) is 7.69. The van der Waals surface area contributed by atoms with Gasteiger partial charge < -0.3 is 10.6 Å². The first-order chi connectivity index (χ1) is 10.6. The molecule has 0 aromatic heterocycles. The van der Waals surface area contributed by atoms with Crippen molar-refractivity contribution in [1.29, 1.82) is 0 Å². The molecule has 2 rings (SSSR count). The van der Waals surface area contributed by atoms with Crippen molar-refractivity contribution in [2.45, 2.75) is 39.2 Å². The molecule has 0 spiro atoms. The summed E-state index contributed by atoms with van der Waals surface area (Å²) in [5.41, 5.74) is 3.78. The maximum Gasteiger partial charge on any atom is 0.243 e. The van der Waals surface area contributed by atoms with Crippen LogP contribution in [0.15, 0.2) is 12.1 Å². The minimum absolute atomic E-state index is 0.0542. The van der Waals surface area contributed by atoms with E-state index < -0.39 is 28.5 Å². The summed E-state index contributed by atoms with van der Waals surface area (Å²) in [7, 11) is 0. The summed E-state index contributed by atoms with van der Waals surface area (Å²) in [6, 6.07) is 2.26. The quantitative estimate of drug-likeness (QED) is 0.853. The molecular weight excluding hydrogens is 326 g/mol. The molecule has 1 aromatic rings. The molecule has 1 fully saturated rings. The lowest BCUT2D eigenvalue weighted by molar-refractivity contribution is -0.141. The molecule has 1 saturated heterocycles. The SMILES string of the molecule is CCN1C(=O)C(C)(C)C[C@@]1(Cc1ccc(F)c(F)c1Cl)C(N)=O. The zero-order valence-corrected chi connectivity index (χ0v) is 14.0. The van der Waals surface area contributed by atoms with E-state index in [1.54, 1.807) is 20.8 Å². The van der Waals surface area contributed by atoms with Crippen molar-refractivity contribution in [3.05, 3.63) is 34.4 Å². The highest BCUT2D eigenvalue weighted by molar-refractivity contribution is 6.31. The van der Waals surface area contributed by atoms with E-state index in [-0.39, 0.29) is 35.9 Å². The molecule has 1 atom stereocenters. The van der Waals surface area contributed by atoms with Crippen LogP contribution in [0.1, 0.15) is 32.8 Å². The monoisotopic (exact) mass is 344 g/mol.